The standard InChI is InChI=1S/C18H19F3N6/c1-2-13-3-5-14(6-4-13)25-9-11-26(12-10-25)16-8-7-15-22-23-17(18(19,20)21)27(15)24-16/h3-8H,2,9-12H2,1H3. The number of alkyl halides is 3. The number of piperazine rings is 1. The zero-order valence-corrected chi connectivity index (χ0v) is 14.8. The lowest BCUT2D eigenvalue weighted by Gasteiger charge is -2.36. The minimum atomic E-state index is -4.59. The molecule has 0 unspecified atom stereocenters. The molecule has 9 heteroatoms. The van der Waals surface area contributed by atoms with Gasteiger partial charge in [-0.2, -0.15) is 17.7 Å². The molecule has 1 fully saturated rings. The average molecular weight is 376 g/mol. The first-order chi connectivity index (χ1) is 13.0. The molecule has 0 saturated carbocycles. The molecule has 6 nitrogen and oxygen atoms in total. The van der Waals surface area contributed by atoms with Gasteiger partial charge in [-0.25, -0.2) is 0 Å². The third-order valence-electron chi connectivity index (χ3n) is 4.82. The summed E-state index contributed by atoms with van der Waals surface area (Å²) in [5, 5.41) is 10.9. The van der Waals surface area contributed by atoms with Crippen molar-refractivity contribution >= 4 is 17.2 Å². The van der Waals surface area contributed by atoms with Crippen LogP contribution in [0.1, 0.15) is 18.3 Å². The Morgan fingerprint density at radius 3 is 2.19 bits per heavy atom. The van der Waals surface area contributed by atoms with Gasteiger partial charge in [0.25, 0.3) is 5.82 Å². The van der Waals surface area contributed by atoms with Gasteiger partial charge in [-0.1, -0.05) is 19.1 Å². The molecule has 142 valence electrons. The van der Waals surface area contributed by atoms with Crippen molar-refractivity contribution in [3.05, 3.63) is 47.8 Å². The maximum Gasteiger partial charge on any atom is 0.453 e. The van der Waals surface area contributed by atoms with E-state index in [2.05, 4.69) is 51.4 Å². The number of benzene rings is 1. The second-order valence-electron chi connectivity index (χ2n) is 6.48. The second-order valence-corrected chi connectivity index (χ2v) is 6.48. The first-order valence-corrected chi connectivity index (χ1v) is 8.84. The first kappa shape index (κ1) is 17.6. The van der Waals surface area contributed by atoms with E-state index in [4.69, 9.17) is 0 Å². The van der Waals surface area contributed by atoms with Gasteiger partial charge in [0, 0.05) is 31.9 Å². The van der Waals surface area contributed by atoms with Gasteiger partial charge in [0.2, 0.25) is 0 Å². The summed E-state index contributed by atoms with van der Waals surface area (Å²) in [7, 11) is 0. The number of hydrogen-bond acceptors (Lipinski definition) is 5. The van der Waals surface area contributed by atoms with Gasteiger partial charge in [0.15, 0.2) is 5.65 Å². The molecule has 27 heavy (non-hydrogen) atoms. The molecule has 0 bridgehead atoms. The average Bonchev–Trinajstić information content (AvgIpc) is 3.12. The summed E-state index contributed by atoms with van der Waals surface area (Å²) in [4.78, 5) is 4.25. The molecule has 0 radical (unpaired) electrons. The molecule has 0 spiro atoms. The van der Waals surface area contributed by atoms with Crippen molar-refractivity contribution in [1.29, 1.82) is 0 Å². The zero-order valence-electron chi connectivity index (χ0n) is 14.8. The molecule has 3 heterocycles. The van der Waals surface area contributed by atoms with E-state index in [9.17, 15) is 13.2 Å². The van der Waals surface area contributed by atoms with Crippen molar-refractivity contribution in [2.75, 3.05) is 36.0 Å². The van der Waals surface area contributed by atoms with E-state index in [1.165, 1.54) is 11.6 Å². The number of nitrogens with zero attached hydrogens (tertiary/aromatic N) is 6. The number of aromatic nitrogens is 4. The van der Waals surface area contributed by atoms with Crippen molar-refractivity contribution in [2.24, 2.45) is 0 Å². The molecule has 2 aromatic heterocycles. The lowest BCUT2D eigenvalue weighted by Crippen LogP contribution is -2.47. The second kappa shape index (κ2) is 6.71. The molecule has 1 aliphatic rings. The van der Waals surface area contributed by atoms with E-state index in [1.807, 2.05) is 4.90 Å². The molecular formula is C18H19F3N6. The molecule has 4 rings (SSSR count). The van der Waals surface area contributed by atoms with Crippen LogP contribution in [0.3, 0.4) is 0 Å². The SMILES string of the molecule is CCc1ccc(N2CCN(c3ccc4nnc(C(F)(F)F)n4n3)CC2)cc1. The van der Waals surface area contributed by atoms with Crippen molar-refractivity contribution < 1.29 is 13.2 Å². The largest absolute Gasteiger partial charge is 0.453 e. The van der Waals surface area contributed by atoms with Gasteiger partial charge >= 0.3 is 6.18 Å². The molecule has 1 aromatic carbocycles. The predicted octanol–water partition coefficient (Wildman–Crippen LogP) is 3.03. The maximum atomic E-state index is 13.0. The Morgan fingerprint density at radius 1 is 0.889 bits per heavy atom. The summed E-state index contributed by atoms with van der Waals surface area (Å²) in [5.41, 5.74) is 2.54. The van der Waals surface area contributed by atoms with Crippen LogP contribution in [0, 0.1) is 0 Å². The quantitative estimate of drug-likeness (QED) is 0.703. The van der Waals surface area contributed by atoms with Gasteiger partial charge in [0.05, 0.1) is 0 Å². The lowest BCUT2D eigenvalue weighted by atomic mass is 10.1. The third-order valence-corrected chi connectivity index (χ3v) is 4.82. The van der Waals surface area contributed by atoms with Crippen molar-refractivity contribution in [3.8, 4) is 0 Å². The van der Waals surface area contributed by atoms with E-state index in [0.29, 0.717) is 18.9 Å². The van der Waals surface area contributed by atoms with Gasteiger partial charge in [-0.05, 0) is 36.2 Å². The fraction of sp³-hybridized carbons (Fsp3) is 0.389. The third kappa shape index (κ3) is 3.41. The van der Waals surface area contributed by atoms with Crippen LogP contribution >= 0.6 is 0 Å². The van der Waals surface area contributed by atoms with Gasteiger partial charge < -0.3 is 9.80 Å². The minimum Gasteiger partial charge on any atom is -0.368 e. The smallest absolute Gasteiger partial charge is 0.368 e. The van der Waals surface area contributed by atoms with Crippen LogP contribution in [-0.2, 0) is 12.6 Å². The maximum absolute atomic E-state index is 13.0. The fourth-order valence-electron chi connectivity index (χ4n) is 3.26. The molecule has 0 amide bonds. The van der Waals surface area contributed by atoms with E-state index in [-0.39, 0.29) is 5.65 Å². The molecule has 3 aromatic rings. The van der Waals surface area contributed by atoms with Crippen LogP contribution in [0.4, 0.5) is 24.7 Å². The highest BCUT2D eigenvalue weighted by Crippen LogP contribution is 2.28. The van der Waals surface area contributed by atoms with E-state index in [0.717, 1.165) is 29.7 Å². The first-order valence-electron chi connectivity index (χ1n) is 8.84. The van der Waals surface area contributed by atoms with Gasteiger partial charge in [0.1, 0.15) is 5.82 Å². The molecule has 0 atom stereocenters. The number of fused-ring (bicyclic) bond motifs is 1. The zero-order chi connectivity index (χ0) is 19.0. The van der Waals surface area contributed by atoms with E-state index in [1.54, 1.807) is 6.07 Å². The van der Waals surface area contributed by atoms with Crippen LogP contribution in [-0.4, -0.2) is 46.0 Å². The Balaban J connectivity index is 1.50. The summed E-state index contributed by atoms with van der Waals surface area (Å²) >= 11 is 0. The van der Waals surface area contributed by atoms with E-state index >= 15 is 0 Å². The Kier molecular flexibility index (Phi) is 4.37. The monoisotopic (exact) mass is 376 g/mol. The Bertz CT molecular complexity index is 926. The predicted molar refractivity (Wildman–Crippen MR) is 96.0 cm³/mol. The van der Waals surface area contributed by atoms with Crippen LogP contribution in [0.5, 0.6) is 0 Å². The van der Waals surface area contributed by atoms with Crippen LogP contribution in [0.2, 0.25) is 0 Å². The molecule has 0 aliphatic carbocycles. The number of halogens is 3. The molecule has 1 aliphatic heterocycles. The van der Waals surface area contributed by atoms with E-state index < -0.39 is 12.0 Å². The van der Waals surface area contributed by atoms with Crippen LogP contribution < -0.4 is 9.80 Å². The summed E-state index contributed by atoms with van der Waals surface area (Å²) in [6, 6.07) is 11.7. The summed E-state index contributed by atoms with van der Waals surface area (Å²) < 4.78 is 39.9. The normalized spacial score (nSPS) is 15.6. The Labute approximate surface area is 154 Å². The summed E-state index contributed by atoms with van der Waals surface area (Å²) in [6.45, 7) is 5.03. The van der Waals surface area contributed by atoms with Gasteiger partial charge in [-0.3, -0.25) is 0 Å². The fourth-order valence-corrected chi connectivity index (χ4v) is 3.26. The van der Waals surface area contributed by atoms with Crippen LogP contribution in [0.25, 0.3) is 5.65 Å². The molecular weight excluding hydrogens is 357 g/mol. The highest BCUT2D eigenvalue weighted by Gasteiger charge is 2.37. The minimum absolute atomic E-state index is 0.0840. The summed E-state index contributed by atoms with van der Waals surface area (Å²) in [6.07, 6.45) is -3.58. The Morgan fingerprint density at radius 2 is 1.56 bits per heavy atom. The number of hydrogen-bond donors (Lipinski definition) is 0. The highest BCUT2D eigenvalue weighted by atomic mass is 19.4. The van der Waals surface area contributed by atoms with Crippen molar-refractivity contribution in [1.82, 2.24) is 19.8 Å². The molecule has 1 saturated heterocycles. The van der Waals surface area contributed by atoms with Crippen molar-refractivity contribution in [2.45, 2.75) is 19.5 Å². The number of anilines is 2. The van der Waals surface area contributed by atoms with Crippen molar-refractivity contribution in [3.63, 3.8) is 0 Å². The topological polar surface area (TPSA) is 49.6 Å². The summed E-state index contributed by atoms with van der Waals surface area (Å²) in [5.74, 6) is -0.609. The number of aryl methyl sites for hydroxylation is 1. The highest BCUT2D eigenvalue weighted by molar-refractivity contribution is 5.51. The lowest BCUT2D eigenvalue weighted by molar-refractivity contribution is -0.146. The van der Waals surface area contributed by atoms with Crippen LogP contribution in [0.15, 0.2) is 36.4 Å². The number of rotatable bonds is 3. The van der Waals surface area contributed by atoms with Gasteiger partial charge in [-0.15, -0.1) is 15.3 Å². The Hall–Kier alpha value is -2.84. The molecule has 0 N–H and O–H groups in total.